The van der Waals surface area contributed by atoms with Crippen LogP contribution in [0.1, 0.15) is 6.92 Å². The average Bonchev–Trinajstić information content (AvgIpc) is 1.88. The smallest absolute Gasteiger partial charge is 0.338 e. The minimum Gasteiger partial charge on any atom is -0.465 e. The molecule has 0 heterocycles. The van der Waals surface area contributed by atoms with Gasteiger partial charge in [0.25, 0.3) is 0 Å². The van der Waals surface area contributed by atoms with Crippen LogP contribution in [0, 0.1) is 0 Å². The zero-order valence-electron chi connectivity index (χ0n) is 5.98. The lowest BCUT2D eigenvalue weighted by Gasteiger charge is -1.98. The SMILES string of the molecule is C=C/C(C(=O)OC)=C(\C)I. The van der Waals surface area contributed by atoms with Crippen LogP contribution in [-0.2, 0) is 9.53 Å². The Morgan fingerprint density at radius 1 is 1.70 bits per heavy atom. The number of carbonyl (C=O) groups is 1. The number of ether oxygens (including phenoxy) is 1. The molecule has 0 aliphatic rings. The van der Waals surface area contributed by atoms with Gasteiger partial charge in [-0.1, -0.05) is 12.7 Å². The third-order valence-electron chi connectivity index (χ3n) is 0.981. The van der Waals surface area contributed by atoms with Gasteiger partial charge in [0.05, 0.1) is 12.7 Å². The van der Waals surface area contributed by atoms with Gasteiger partial charge in [-0.3, -0.25) is 0 Å². The van der Waals surface area contributed by atoms with Crippen molar-refractivity contribution in [3.63, 3.8) is 0 Å². The molecule has 10 heavy (non-hydrogen) atoms. The van der Waals surface area contributed by atoms with Crippen molar-refractivity contribution in [2.75, 3.05) is 7.11 Å². The van der Waals surface area contributed by atoms with E-state index in [1.54, 1.807) is 0 Å². The predicted molar refractivity (Wildman–Crippen MR) is 48.9 cm³/mol. The van der Waals surface area contributed by atoms with Crippen LogP contribution in [0.5, 0.6) is 0 Å². The summed E-state index contributed by atoms with van der Waals surface area (Å²) in [6.07, 6.45) is 1.49. The Hall–Kier alpha value is -0.320. The highest BCUT2D eigenvalue weighted by atomic mass is 127. The van der Waals surface area contributed by atoms with Crippen LogP contribution in [0.15, 0.2) is 21.8 Å². The van der Waals surface area contributed by atoms with Crippen molar-refractivity contribution in [3.8, 4) is 0 Å². The molecule has 0 rings (SSSR count). The Morgan fingerprint density at radius 2 is 2.20 bits per heavy atom. The molecular formula is C7H9IO2. The van der Waals surface area contributed by atoms with E-state index in [1.165, 1.54) is 13.2 Å². The molecule has 0 aromatic heterocycles. The number of hydrogen-bond acceptors (Lipinski definition) is 2. The van der Waals surface area contributed by atoms with E-state index in [9.17, 15) is 4.79 Å². The number of carbonyl (C=O) groups excluding carboxylic acids is 1. The molecule has 0 aliphatic heterocycles. The summed E-state index contributed by atoms with van der Waals surface area (Å²) in [6, 6.07) is 0. The fourth-order valence-electron chi connectivity index (χ4n) is 0.475. The summed E-state index contributed by atoms with van der Waals surface area (Å²) in [4.78, 5) is 10.8. The summed E-state index contributed by atoms with van der Waals surface area (Å²) in [5.41, 5.74) is 0.531. The van der Waals surface area contributed by atoms with Crippen LogP contribution >= 0.6 is 22.6 Å². The first-order chi connectivity index (χ1) is 4.63. The second kappa shape index (κ2) is 4.49. The molecule has 0 fully saturated rings. The molecule has 0 bridgehead atoms. The van der Waals surface area contributed by atoms with Gasteiger partial charge in [0.15, 0.2) is 0 Å². The summed E-state index contributed by atoms with van der Waals surface area (Å²) in [6.45, 7) is 5.32. The Balaban J connectivity index is 4.53. The summed E-state index contributed by atoms with van der Waals surface area (Å²) >= 11 is 2.05. The van der Waals surface area contributed by atoms with Crippen LogP contribution in [0.3, 0.4) is 0 Å². The summed E-state index contributed by atoms with van der Waals surface area (Å²) in [5, 5.41) is 0. The van der Waals surface area contributed by atoms with Crippen LogP contribution < -0.4 is 0 Å². The van der Waals surface area contributed by atoms with E-state index in [-0.39, 0.29) is 5.97 Å². The maximum atomic E-state index is 10.8. The minimum atomic E-state index is -0.332. The van der Waals surface area contributed by atoms with Crippen molar-refractivity contribution in [1.82, 2.24) is 0 Å². The fourth-order valence-corrected chi connectivity index (χ4v) is 0.915. The lowest BCUT2D eigenvalue weighted by atomic mass is 10.2. The zero-order chi connectivity index (χ0) is 8.15. The first kappa shape index (κ1) is 9.68. The van der Waals surface area contributed by atoms with Gasteiger partial charge in [-0.05, 0) is 29.5 Å². The Kier molecular flexibility index (Phi) is 4.34. The zero-order valence-corrected chi connectivity index (χ0v) is 8.14. The van der Waals surface area contributed by atoms with E-state index < -0.39 is 0 Å². The normalized spacial score (nSPS) is 11.9. The number of rotatable bonds is 2. The van der Waals surface area contributed by atoms with Gasteiger partial charge in [-0.2, -0.15) is 0 Å². The van der Waals surface area contributed by atoms with Gasteiger partial charge in [0, 0.05) is 3.58 Å². The summed E-state index contributed by atoms with van der Waals surface area (Å²) < 4.78 is 5.38. The molecule has 0 aromatic carbocycles. The Labute approximate surface area is 74.1 Å². The van der Waals surface area contributed by atoms with Gasteiger partial charge >= 0.3 is 5.97 Å². The molecule has 0 N–H and O–H groups in total. The van der Waals surface area contributed by atoms with Crippen molar-refractivity contribution in [3.05, 3.63) is 21.8 Å². The standard InChI is InChI=1S/C7H9IO2/c1-4-6(5(2)8)7(9)10-3/h4H,1H2,2-3H3/b6-5-. The van der Waals surface area contributed by atoms with E-state index in [1.807, 2.05) is 6.92 Å². The highest BCUT2D eigenvalue weighted by Crippen LogP contribution is 2.13. The van der Waals surface area contributed by atoms with Crippen molar-refractivity contribution >= 4 is 28.6 Å². The predicted octanol–water partition coefficient (Wildman–Crippen LogP) is 2.05. The minimum absolute atomic E-state index is 0.332. The molecule has 0 aliphatic carbocycles. The number of allylic oxidation sites excluding steroid dienone is 1. The van der Waals surface area contributed by atoms with Gasteiger partial charge in [-0.15, -0.1) is 0 Å². The molecule has 0 saturated carbocycles. The quantitative estimate of drug-likeness (QED) is 0.325. The molecule has 0 radical (unpaired) electrons. The largest absolute Gasteiger partial charge is 0.465 e. The molecule has 0 spiro atoms. The molecule has 0 saturated heterocycles. The maximum absolute atomic E-state index is 10.8. The third-order valence-corrected chi connectivity index (χ3v) is 1.56. The maximum Gasteiger partial charge on any atom is 0.338 e. The third kappa shape index (κ3) is 2.51. The van der Waals surface area contributed by atoms with Crippen LogP contribution in [0.25, 0.3) is 0 Å². The number of hydrogen-bond donors (Lipinski definition) is 0. The molecule has 0 atom stereocenters. The first-order valence-electron chi connectivity index (χ1n) is 2.70. The molecule has 0 unspecified atom stereocenters. The van der Waals surface area contributed by atoms with E-state index in [0.717, 1.165) is 3.58 Å². The molecule has 2 nitrogen and oxygen atoms in total. The summed E-state index contributed by atoms with van der Waals surface area (Å²) in [7, 11) is 1.35. The van der Waals surface area contributed by atoms with Crippen molar-refractivity contribution in [2.24, 2.45) is 0 Å². The average molecular weight is 252 g/mol. The van der Waals surface area contributed by atoms with E-state index in [4.69, 9.17) is 0 Å². The molecule has 3 heteroatoms. The van der Waals surface area contributed by atoms with Crippen LogP contribution in [0.2, 0.25) is 0 Å². The number of methoxy groups -OCH3 is 1. The Morgan fingerprint density at radius 3 is 2.30 bits per heavy atom. The van der Waals surface area contributed by atoms with Gasteiger partial charge < -0.3 is 4.74 Å². The van der Waals surface area contributed by atoms with Gasteiger partial charge in [0.1, 0.15) is 0 Å². The van der Waals surface area contributed by atoms with Crippen LogP contribution in [-0.4, -0.2) is 13.1 Å². The van der Waals surface area contributed by atoms with Crippen molar-refractivity contribution < 1.29 is 9.53 Å². The topological polar surface area (TPSA) is 26.3 Å². The van der Waals surface area contributed by atoms with Gasteiger partial charge in [0.2, 0.25) is 0 Å². The monoisotopic (exact) mass is 252 g/mol. The van der Waals surface area contributed by atoms with E-state index in [0.29, 0.717) is 5.57 Å². The molecule has 0 amide bonds. The molecule has 56 valence electrons. The first-order valence-corrected chi connectivity index (χ1v) is 3.78. The van der Waals surface area contributed by atoms with Crippen molar-refractivity contribution in [1.29, 1.82) is 0 Å². The Bertz CT molecular complexity index is 178. The lowest BCUT2D eigenvalue weighted by molar-refractivity contribution is -0.135. The highest BCUT2D eigenvalue weighted by Gasteiger charge is 2.06. The summed E-state index contributed by atoms with van der Waals surface area (Å²) in [5.74, 6) is -0.332. The van der Waals surface area contributed by atoms with E-state index >= 15 is 0 Å². The molecular weight excluding hydrogens is 243 g/mol. The van der Waals surface area contributed by atoms with E-state index in [2.05, 4.69) is 33.9 Å². The molecule has 0 aromatic rings. The van der Waals surface area contributed by atoms with Gasteiger partial charge in [-0.25, -0.2) is 4.79 Å². The van der Waals surface area contributed by atoms with Crippen molar-refractivity contribution in [2.45, 2.75) is 6.92 Å². The van der Waals surface area contributed by atoms with Crippen LogP contribution in [0.4, 0.5) is 0 Å². The second-order valence-electron chi connectivity index (χ2n) is 1.64. The lowest BCUT2D eigenvalue weighted by Crippen LogP contribution is -2.02. The highest BCUT2D eigenvalue weighted by molar-refractivity contribution is 14.1. The second-order valence-corrected chi connectivity index (χ2v) is 3.26. The number of halogens is 1. The fraction of sp³-hybridized carbons (Fsp3) is 0.286. The number of esters is 1.